The molecule has 2 N–H and O–H groups in total. The van der Waals surface area contributed by atoms with E-state index in [0.717, 1.165) is 50.8 Å². The Bertz CT molecular complexity index is 587. The lowest BCUT2D eigenvalue weighted by atomic mass is 9.76. The van der Waals surface area contributed by atoms with Gasteiger partial charge in [0.05, 0.1) is 5.69 Å². The van der Waals surface area contributed by atoms with Crippen molar-refractivity contribution in [3.8, 4) is 0 Å². The Morgan fingerprint density at radius 3 is 2.80 bits per heavy atom. The zero-order valence-corrected chi connectivity index (χ0v) is 15.0. The Morgan fingerprint density at radius 1 is 1.20 bits per heavy atom. The molecule has 6 nitrogen and oxygen atoms in total. The topological polar surface area (TPSA) is 60.5 Å². The number of hydrogen-bond acceptors (Lipinski definition) is 5. The fourth-order valence-electron chi connectivity index (χ4n) is 4.57. The van der Waals surface area contributed by atoms with Crippen molar-refractivity contribution < 1.29 is 4.79 Å². The first-order valence-electron chi connectivity index (χ1n) is 9.63. The molecule has 1 amide bonds. The van der Waals surface area contributed by atoms with Crippen LogP contribution in [0.1, 0.15) is 31.9 Å². The fraction of sp³-hybridized carbons (Fsp3) is 0.684. The number of nitrogens with one attached hydrogen (secondary N) is 2. The number of fused-ring (bicyclic) bond motifs is 1. The van der Waals surface area contributed by atoms with E-state index in [2.05, 4.69) is 38.6 Å². The Hall–Kier alpha value is -1.50. The third kappa shape index (κ3) is 3.71. The Morgan fingerprint density at radius 2 is 2.04 bits per heavy atom. The van der Waals surface area contributed by atoms with Gasteiger partial charge in [-0.15, -0.1) is 0 Å². The van der Waals surface area contributed by atoms with E-state index in [1.807, 2.05) is 18.3 Å². The van der Waals surface area contributed by atoms with Crippen molar-refractivity contribution in [2.45, 2.75) is 44.8 Å². The maximum atomic E-state index is 13.0. The molecule has 3 heterocycles. The molecule has 25 heavy (non-hydrogen) atoms. The van der Waals surface area contributed by atoms with Crippen LogP contribution in [0.3, 0.4) is 0 Å². The van der Waals surface area contributed by atoms with Crippen LogP contribution >= 0.6 is 0 Å². The van der Waals surface area contributed by atoms with Crippen molar-refractivity contribution in [3.05, 3.63) is 30.1 Å². The summed E-state index contributed by atoms with van der Waals surface area (Å²) < 4.78 is 0. The van der Waals surface area contributed by atoms with Gasteiger partial charge in [0.25, 0.3) is 0 Å². The lowest BCUT2D eigenvalue weighted by molar-refractivity contribution is -0.136. The van der Waals surface area contributed by atoms with Crippen LogP contribution in [0.4, 0.5) is 0 Å². The number of rotatable bonds is 3. The second-order valence-electron chi connectivity index (χ2n) is 7.88. The van der Waals surface area contributed by atoms with Crippen molar-refractivity contribution in [1.82, 2.24) is 25.6 Å². The lowest BCUT2D eigenvalue weighted by Crippen LogP contribution is -2.54. The number of aromatic nitrogens is 1. The van der Waals surface area contributed by atoms with E-state index >= 15 is 0 Å². The van der Waals surface area contributed by atoms with Crippen molar-refractivity contribution in [1.29, 1.82) is 0 Å². The number of piperazine rings is 1. The largest absolute Gasteiger partial charge is 0.339 e. The minimum atomic E-state index is -0.0462. The summed E-state index contributed by atoms with van der Waals surface area (Å²) in [5.74, 6) is 1.46. The molecule has 3 fully saturated rings. The molecule has 4 unspecified atom stereocenters. The summed E-state index contributed by atoms with van der Waals surface area (Å²) in [4.78, 5) is 21.9. The average Bonchev–Trinajstić information content (AvgIpc) is 3.05. The van der Waals surface area contributed by atoms with Crippen LogP contribution < -0.4 is 10.9 Å². The van der Waals surface area contributed by atoms with E-state index in [4.69, 9.17) is 0 Å². The smallest absolute Gasteiger partial charge is 0.241 e. The van der Waals surface area contributed by atoms with E-state index in [0.29, 0.717) is 12.0 Å². The number of carbonyl (C=O) groups is 1. The highest BCUT2D eigenvalue weighted by Gasteiger charge is 2.44. The molecule has 4 rings (SSSR count). The quantitative estimate of drug-likeness (QED) is 0.858. The highest BCUT2D eigenvalue weighted by atomic mass is 16.2. The highest BCUT2D eigenvalue weighted by molar-refractivity contribution is 5.82. The zero-order chi connectivity index (χ0) is 17.2. The van der Waals surface area contributed by atoms with Gasteiger partial charge in [0, 0.05) is 50.9 Å². The SMILES string of the molecule is CC1CCC2NNC(C(=O)N3CCN(Cc4ccccn4)CC3)C2C1. The van der Waals surface area contributed by atoms with Gasteiger partial charge in [-0.2, -0.15) is 0 Å². The number of hydrazine groups is 1. The third-order valence-electron chi connectivity index (χ3n) is 6.08. The molecule has 6 heteroatoms. The molecule has 4 atom stereocenters. The molecule has 0 spiro atoms. The van der Waals surface area contributed by atoms with Crippen LogP contribution in [0, 0.1) is 11.8 Å². The molecule has 2 aliphatic heterocycles. The van der Waals surface area contributed by atoms with Gasteiger partial charge in [-0.3, -0.25) is 20.1 Å². The van der Waals surface area contributed by atoms with Gasteiger partial charge in [0.1, 0.15) is 6.04 Å². The van der Waals surface area contributed by atoms with Crippen LogP contribution in [0.5, 0.6) is 0 Å². The average molecular weight is 343 g/mol. The van der Waals surface area contributed by atoms with E-state index in [1.54, 1.807) is 0 Å². The van der Waals surface area contributed by atoms with Crippen LogP contribution in [-0.4, -0.2) is 59.0 Å². The van der Waals surface area contributed by atoms with E-state index in [1.165, 1.54) is 12.8 Å². The number of amides is 1. The van der Waals surface area contributed by atoms with Crippen LogP contribution in [0.25, 0.3) is 0 Å². The van der Waals surface area contributed by atoms with Crippen molar-refractivity contribution in [2.75, 3.05) is 26.2 Å². The molecule has 1 aromatic heterocycles. The predicted octanol–water partition coefficient (Wildman–Crippen LogP) is 1.01. The number of pyridine rings is 1. The second kappa shape index (κ2) is 7.40. The summed E-state index contributed by atoms with van der Waals surface area (Å²) >= 11 is 0. The first-order chi connectivity index (χ1) is 12.2. The van der Waals surface area contributed by atoms with Crippen molar-refractivity contribution in [2.24, 2.45) is 11.8 Å². The Kier molecular flexibility index (Phi) is 5.01. The summed E-state index contributed by atoms with van der Waals surface area (Å²) in [5, 5.41) is 0. The normalized spacial score (nSPS) is 33.2. The van der Waals surface area contributed by atoms with Crippen molar-refractivity contribution >= 4 is 5.91 Å². The van der Waals surface area contributed by atoms with Crippen molar-refractivity contribution in [3.63, 3.8) is 0 Å². The number of carbonyl (C=O) groups excluding carboxylic acids is 1. The highest BCUT2D eigenvalue weighted by Crippen LogP contribution is 2.34. The third-order valence-corrected chi connectivity index (χ3v) is 6.08. The minimum absolute atomic E-state index is 0.0462. The first kappa shape index (κ1) is 16.9. The summed E-state index contributed by atoms with van der Waals surface area (Å²) in [6.45, 7) is 6.66. The van der Waals surface area contributed by atoms with Gasteiger partial charge in [-0.1, -0.05) is 13.0 Å². The van der Waals surface area contributed by atoms with Gasteiger partial charge in [0.2, 0.25) is 5.91 Å². The molecule has 1 aliphatic carbocycles. The standard InChI is InChI=1S/C19H29N5O/c1-14-5-6-17-16(12-14)18(22-21-17)19(25)24-10-8-23(9-11-24)13-15-4-2-3-7-20-15/h2-4,7,14,16-18,21-22H,5-6,8-13H2,1H3. The minimum Gasteiger partial charge on any atom is -0.339 e. The van der Waals surface area contributed by atoms with Crippen LogP contribution in [-0.2, 0) is 11.3 Å². The van der Waals surface area contributed by atoms with E-state index in [-0.39, 0.29) is 11.9 Å². The fourth-order valence-corrected chi connectivity index (χ4v) is 4.57. The molecular weight excluding hydrogens is 314 g/mol. The molecule has 0 bridgehead atoms. The van der Waals surface area contributed by atoms with E-state index < -0.39 is 0 Å². The predicted molar refractivity (Wildman–Crippen MR) is 96.4 cm³/mol. The van der Waals surface area contributed by atoms with Crippen LogP contribution in [0.2, 0.25) is 0 Å². The molecule has 1 saturated carbocycles. The molecule has 3 aliphatic rings. The molecule has 0 radical (unpaired) electrons. The molecule has 1 aromatic rings. The van der Waals surface area contributed by atoms with Crippen LogP contribution in [0.15, 0.2) is 24.4 Å². The summed E-state index contributed by atoms with van der Waals surface area (Å²) in [7, 11) is 0. The molecular formula is C19H29N5O. The zero-order valence-electron chi connectivity index (χ0n) is 15.0. The van der Waals surface area contributed by atoms with E-state index in [9.17, 15) is 4.79 Å². The Labute approximate surface area is 149 Å². The molecule has 0 aromatic carbocycles. The maximum Gasteiger partial charge on any atom is 0.241 e. The molecule has 136 valence electrons. The summed E-state index contributed by atoms with van der Waals surface area (Å²) in [6.07, 6.45) is 5.44. The molecule has 2 saturated heterocycles. The van der Waals surface area contributed by atoms with Gasteiger partial charge in [-0.25, -0.2) is 5.43 Å². The maximum absolute atomic E-state index is 13.0. The monoisotopic (exact) mass is 343 g/mol. The van der Waals surface area contributed by atoms with Gasteiger partial charge >= 0.3 is 0 Å². The Balaban J connectivity index is 1.31. The van der Waals surface area contributed by atoms with Gasteiger partial charge in [-0.05, 0) is 37.3 Å². The number of nitrogens with zero attached hydrogens (tertiary/aromatic N) is 3. The first-order valence-corrected chi connectivity index (χ1v) is 9.63. The van der Waals surface area contributed by atoms with Gasteiger partial charge in [0.15, 0.2) is 0 Å². The van der Waals surface area contributed by atoms with Gasteiger partial charge < -0.3 is 4.90 Å². The lowest BCUT2D eigenvalue weighted by Gasteiger charge is -2.37. The number of hydrogen-bond donors (Lipinski definition) is 2. The second-order valence-corrected chi connectivity index (χ2v) is 7.88. The summed E-state index contributed by atoms with van der Waals surface area (Å²) in [5.41, 5.74) is 7.78. The summed E-state index contributed by atoms with van der Waals surface area (Å²) in [6, 6.07) is 6.46.